The van der Waals surface area contributed by atoms with Gasteiger partial charge in [-0.05, 0) is 34.2 Å². The van der Waals surface area contributed by atoms with Crippen molar-refractivity contribution < 1.29 is 0 Å². The minimum atomic E-state index is 0.373. The van der Waals surface area contributed by atoms with Crippen molar-refractivity contribution in [3.8, 4) is 0 Å². The molecule has 2 atom stereocenters. The van der Waals surface area contributed by atoms with Crippen LogP contribution in [0.1, 0.15) is 27.2 Å². The topological polar surface area (TPSA) is 6.48 Å². The molecule has 3 saturated heterocycles. The first kappa shape index (κ1) is 8.52. The van der Waals surface area contributed by atoms with E-state index < -0.39 is 0 Å². The van der Waals surface area contributed by atoms with Crippen LogP contribution in [0.2, 0.25) is 0 Å². The second kappa shape index (κ2) is 2.46. The summed E-state index contributed by atoms with van der Waals surface area (Å²) in [7, 11) is 2.26. The van der Waals surface area contributed by atoms with Gasteiger partial charge in [0, 0.05) is 30.7 Å². The summed E-state index contributed by atoms with van der Waals surface area (Å²) in [6.45, 7) is 9.50. The summed E-state index contributed by atoms with van der Waals surface area (Å²) in [5, 5.41) is 0. The largest absolute Gasteiger partial charge is 0.298 e. The normalized spacial score (nSPS) is 38.0. The van der Waals surface area contributed by atoms with Crippen molar-refractivity contribution in [2.45, 2.75) is 44.8 Å². The molecule has 3 heterocycles. The number of nitrogens with zero attached hydrogens (tertiary/aromatic N) is 2. The number of rotatable bonds is 0. The Morgan fingerprint density at radius 2 is 1.58 bits per heavy atom. The first-order valence-electron chi connectivity index (χ1n) is 4.95. The number of piperidine rings is 1. The monoisotopic (exact) mass is 168 g/mol. The molecule has 0 saturated carbocycles. The van der Waals surface area contributed by atoms with E-state index in [1.165, 1.54) is 19.5 Å². The Bertz CT molecular complexity index is 171. The molecule has 2 bridgehead atoms. The zero-order valence-corrected chi connectivity index (χ0v) is 8.67. The Kier molecular flexibility index (Phi) is 1.74. The molecule has 2 heteroatoms. The van der Waals surface area contributed by atoms with Crippen LogP contribution in [-0.4, -0.2) is 47.6 Å². The van der Waals surface area contributed by atoms with E-state index in [2.05, 4.69) is 37.6 Å². The summed E-state index contributed by atoms with van der Waals surface area (Å²) in [4.78, 5) is 5.15. The highest BCUT2D eigenvalue weighted by Gasteiger charge is 2.44. The van der Waals surface area contributed by atoms with E-state index >= 15 is 0 Å². The van der Waals surface area contributed by atoms with Crippen molar-refractivity contribution >= 4 is 0 Å². The average Bonchev–Trinajstić information content (AvgIpc) is 2.02. The second-order valence-corrected chi connectivity index (χ2v) is 5.28. The molecule has 0 spiro atoms. The number of hydrogen-bond donors (Lipinski definition) is 0. The second-order valence-electron chi connectivity index (χ2n) is 5.28. The highest BCUT2D eigenvalue weighted by molar-refractivity contribution is 5.01. The minimum absolute atomic E-state index is 0.373. The summed E-state index contributed by atoms with van der Waals surface area (Å²) in [5.41, 5.74) is 0.373. The first-order chi connectivity index (χ1) is 5.48. The molecule has 0 radical (unpaired) electrons. The fraction of sp³-hybridized carbons (Fsp3) is 1.00. The summed E-state index contributed by atoms with van der Waals surface area (Å²) < 4.78 is 0. The molecule has 0 aliphatic carbocycles. The summed E-state index contributed by atoms with van der Waals surface area (Å²) in [6.07, 6.45) is 1.43. The van der Waals surface area contributed by atoms with Crippen LogP contribution in [-0.2, 0) is 0 Å². The summed E-state index contributed by atoms with van der Waals surface area (Å²) in [6, 6.07) is 1.70. The van der Waals surface area contributed by atoms with Gasteiger partial charge in [0.2, 0.25) is 0 Å². The molecule has 3 rings (SSSR count). The van der Waals surface area contributed by atoms with Gasteiger partial charge in [-0.15, -0.1) is 0 Å². The van der Waals surface area contributed by atoms with Crippen LogP contribution in [0.3, 0.4) is 0 Å². The predicted molar refractivity (Wildman–Crippen MR) is 51.3 cm³/mol. The molecule has 2 unspecified atom stereocenters. The van der Waals surface area contributed by atoms with Gasteiger partial charge < -0.3 is 0 Å². The molecule has 3 fully saturated rings. The number of fused-ring (bicyclic) bond motifs is 2. The Labute approximate surface area is 75.5 Å². The van der Waals surface area contributed by atoms with Crippen LogP contribution < -0.4 is 0 Å². The third-order valence-corrected chi connectivity index (χ3v) is 3.51. The molecule has 70 valence electrons. The zero-order chi connectivity index (χ0) is 8.93. The van der Waals surface area contributed by atoms with Crippen LogP contribution in [0, 0.1) is 0 Å². The molecule has 0 aromatic rings. The van der Waals surface area contributed by atoms with Gasteiger partial charge in [0.1, 0.15) is 0 Å². The Hall–Kier alpha value is -0.0800. The SMILES string of the molecule is CN1C2CC1CN(C(C)(C)C)C2. The van der Waals surface area contributed by atoms with Crippen LogP contribution in [0.15, 0.2) is 0 Å². The van der Waals surface area contributed by atoms with Gasteiger partial charge in [0.05, 0.1) is 0 Å². The average molecular weight is 168 g/mol. The molecule has 2 nitrogen and oxygen atoms in total. The van der Waals surface area contributed by atoms with E-state index in [-0.39, 0.29) is 0 Å². The van der Waals surface area contributed by atoms with Gasteiger partial charge in [0.25, 0.3) is 0 Å². The minimum Gasteiger partial charge on any atom is -0.298 e. The van der Waals surface area contributed by atoms with Crippen molar-refractivity contribution in [2.24, 2.45) is 0 Å². The number of piperazine rings is 1. The van der Waals surface area contributed by atoms with Crippen LogP contribution in [0.5, 0.6) is 0 Å². The lowest BCUT2D eigenvalue weighted by atomic mass is 9.86. The number of likely N-dealkylation sites (N-methyl/N-ethyl adjacent to an activating group) is 1. The van der Waals surface area contributed by atoms with Crippen molar-refractivity contribution in [1.82, 2.24) is 9.80 Å². The van der Waals surface area contributed by atoms with Crippen LogP contribution in [0.25, 0.3) is 0 Å². The van der Waals surface area contributed by atoms with E-state index in [1.54, 1.807) is 0 Å². The predicted octanol–water partition coefficient (Wildman–Crippen LogP) is 1.17. The van der Waals surface area contributed by atoms with Crippen molar-refractivity contribution in [1.29, 1.82) is 0 Å². The Morgan fingerprint density at radius 3 is 1.92 bits per heavy atom. The molecule has 0 aromatic carbocycles. The highest BCUT2D eigenvalue weighted by atomic mass is 15.4. The third-order valence-electron chi connectivity index (χ3n) is 3.51. The van der Waals surface area contributed by atoms with Crippen molar-refractivity contribution in [3.63, 3.8) is 0 Å². The van der Waals surface area contributed by atoms with Gasteiger partial charge in [0.15, 0.2) is 0 Å². The van der Waals surface area contributed by atoms with Gasteiger partial charge in [-0.25, -0.2) is 0 Å². The summed E-state index contributed by atoms with van der Waals surface area (Å²) in [5.74, 6) is 0. The van der Waals surface area contributed by atoms with Crippen LogP contribution >= 0.6 is 0 Å². The van der Waals surface area contributed by atoms with Gasteiger partial charge in [-0.3, -0.25) is 9.80 Å². The smallest absolute Gasteiger partial charge is 0.0239 e. The molecule has 0 N–H and O–H groups in total. The Balaban J connectivity index is 1.99. The molecule has 0 aromatic heterocycles. The fourth-order valence-electron chi connectivity index (χ4n) is 2.34. The molecular weight excluding hydrogens is 148 g/mol. The van der Waals surface area contributed by atoms with Crippen LogP contribution in [0.4, 0.5) is 0 Å². The lowest BCUT2D eigenvalue weighted by molar-refractivity contribution is -0.0796. The quantitative estimate of drug-likeness (QED) is 0.536. The third kappa shape index (κ3) is 1.17. The standard InChI is InChI=1S/C10H20N2/c1-10(2,3)12-6-8-5-9(7-12)11(8)4/h8-9H,5-7H2,1-4H3. The van der Waals surface area contributed by atoms with Gasteiger partial charge in [-0.2, -0.15) is 0 Å². The highest BCUT2D eigenvalue weighted by Crippen LogP contribution is 2.33. The molecule has 12 heavy (non-hydrogen) atoms. The van der Waals surface area contributed by atoms with E-state index in [9.17, 15) is 0 Å². The van der Waals surface area contributed by atoms with Gasteiger partial charge in [-0.1, -0.05) is 0 Å². The maximum absolute atomic E-state index is 2.62. The molecule has 0 amide bonds. The lowest BCUT2D eigenvalue weighted by Gasteiger charge is -2.58. The van der Waals surface area contributed by atoms with Crippen molar-refractivity contribution in [3.05, 3.63) is 0 Å². The molecule has 3 aliphatic rings. The maximum atomic E-state index is 2.62. The fourth-order valence-corrected chi connectivity index (χ4v) is 2.34. The molecular formula is C10H20N2. The van der Waals surface area contributed by atoms with Gasteiger partial charge >= 0.3 is 0 Å². The summed E-state index contributed by atoms with van der Waals surface area (Å²) >= 11 is 0. The van der Waals surface area contributed by atoms with E-state index in [0.717, 1.165) is 12.1 Å². The molecule has 3 aliphatic heterocycles. The maximum Gasteiger partial charge on any atom is 0.0239 e. The number of hydrogen-bond acceptors (Lipinski definition) is 2. The zero-order valence-electron chi connectivity index (χ0n) is 8.67. The lowest BCUT2D eigenvalue weighted by Crippen LogP contribution is -2.69. The van der Waals surface area contributed by atoms with Crippen molar-refractivity contribution in [2.75, 3.05) is 20.1 Å². The van der Waals surface area contributed by atoms with E-state index in [0.29, 0.717) is 5.54 Å². The Morgan fingerprint density at radius 1 is 1.08 bits per heavy atom. The first-order valence-corrected chi connectivity index (χ1v) is 4.95. The van der Waals surface area contributed by atoms with E-state index in [1.807, 2.05) is 0 Å². The van der Waals surface area contributed by atoms with E-state index in [4.69, 9.17) is 0 Å².